The van der Waals surface area contributed by atoms with Gasteiger partial charge >= 0.3 is 0 Å². The minimum absolute atomic E-state index is 0. The second-order valence-electron chi connectivity index (χ2n) is 5.03. The fourth-order valence-corrected chi connectivity index (χ4v) is 5.91. The lowest BCUT2D eigenvalue weighted by Crippen LogP contribution is -2.39. The topological polar surface area (TPSA) is 78.5 Å². The van der Waals surface area contributed by atoms with E-state index in [1.807, 2.05) is 14.0 Å². The van der Waals surface area contributed by atoms with Crippen LogP contribution < -0.4 is 10.6 Å². The van der Waals surface area contributed by atoms with E-state index in [0.717, 1.165) is 22.8 Å². The molecule has 0 aromatic carbocycles. The molecule has 2 N–H and O–H groups in total. The predicted octanol–water partition coefficient (Wildman–Crippen LogP) is 1.25. The second-order valence-corrected chi connectivity index (χ2v) is 9.08. The number of nitrogens with zero attached hydrogens (tertiary/aromatic N) is 1. The van der Waals surface area contributed by atoms with Crippen LogP contribution in [0, 0.1) is 0 Å². The monoisotopic (exact) mass is 399 g/mol. The van der Waals surface area contributed by atoms with Crippen LogP contribution in [0.4, 0.5) is 0 Å². The van der Waals surface area contributed by atoms with Crippen molar-refractivity contribution in [2.45, 2.75) is 17.9 Å². The molecule has 0 bridgehead atoms. The van der Waals surface area contributed by atoms with Crippen LogP contribution in [0.2, 0.25) is 0 Å². The number of amides is 1. The fourth-order valence-electron chi connectivity index (χ4n) is 2.02. The maximum atomic E-state index is 12.7. The number of rotatable bonds is 6. The number of halogens is 1. The number of carbonyl (C=O) groups is 1. The fraction of sp³-hybridized carbons (Fsp3) is 0.615. The van der Waals surface area contributed by atoms with Gasteiger partial charge in [0.1, 0.15) is 9.77 Å². The number of nitrogens with one attached hydrogen (secondary N) is 2. The molecule has 1 aromatic rings. The van der Waals surface area contributed by atoms with E-state index < -0.39 is 10.0 Å². The van der Waals surface area contributed by atoms with E-state index in [-0.39, 0.29) is 34.1 Å². The van der Waals surface area contributed by atoms with Crippen LogP contribution in [0.15, 0.2) is 16.3 Å². The van der Waals surface area contributed by atoms with Crippen molar-refractivity contribution in [3.63, 3.8) is 0 Å². The van der Waals surface area contributed by atoms with E-state index in [4.69, 9.17) is 0 Å². The largest absolute Gasteiger partial charge is 0.350 e. The van der Waals surface area contributed by atoms with Gasteiger partial charge in [-0.2, -0.15) is 16.1 Å². The van der Waals surface area contributed by atoms with Crippen molar-refractivity contribution in [3.8, 4) is 0 Å². The van der Waals surface area contributed by atoms with Crippen molar-refractivity contribution in [1.29, 1.82) is 0 Å². The Morgan fingerprint density at radius 2 is 2.04 bits per heavy atom. The van der Waals surface area contributed by atoms with E-state index >= 15 is 0 Å². The summed E-state index contributed by atoms with van der Waals surface area (Å²) in [6, 6.07) is 1.65. The van der Waals surface area contributed by atoms with Gasteiger partial charge in [0.15, 0.2) is 0 Å². The van der Waals surface area contributed by atoms with Gasteiger partial charge in [-0.25, -0.2) is 8.42 Å². The number of thioether (sulfide) groups is 1. The Bertz CT molecular complexity index is 615. The summed E-state index contributed by atoms with van der Waals surface area (Å²) in [5.74, 6) is 1.26. The zero-order chi connectivity index (χ0) is 16.2. The van der Waals surface area contributed by atoms with Gasteiger partial charge < -0.3 is 10.6 Å². The summed E-state index contributed by atoms with van der Waals surface area (Å²) in [6.45, 7) is 3.40. The van der Waals surface area contributed by atoms with E-state index in [9.17, 15) is 13.2 Å². The quantitative estimate of drug-likeness (QED) is 0.752. The summed E-state index contributed by atoms with van der Waals surface area (Å²) in [5.41, 5.74) is 0. The smallest absolute Gasteiger partial charge is 0.262 e. The standard InChI is InChI=1S/C13H21N3O3S3.ClH/c1-10(14-2)9-15-13(17)12-11(3-6-21-12)22(18,19)16-4-7-20-8-5-16;/h3,6,10,14H,4-5,7-9H2,1-2H3,(H,15,17);1H. The molecule has 1 amide bonds. The van der Waals surface area contributed by atoms with Crippen LogP contribution in [0.3, 0.4) is 0 Å². The first-order valence-corrected chi connectivity index (χ1v) is 10.5. The molecule has 1 unspecified atom stereocenters. The molecule has 1 aliphatic rings. The first-order valence-electron chi connectivity index (χ1n) is 7.07. The van der Waals surface area contributed by atoms with Gasteiger partial charge in [-0.1, -0.05) is 0 Å². The Morgan fingerprint density at radius 3 is 2.65 bits per heavy atom. The molecule has 0 saturated carbocycles. The minimum atomic E-state index is -3.58. The molecule has 1 saturated heterocycles. The Hall–Kier alpha value is -0.320. The SMILES string of the molecule is CNC(C)CNC(=O)c1sccc1S(=O)(=O)N1CCSCC1.Cl. The summed E-state index contributed by atoms with van der Waals surface area (Å²) in [6.07, 6.45) is 0. The average Bonchev–Trinajstić information content (AvgIpc) is 3.03. The molecule has 132 valence electrons. The Kier molecular flexibility index (Phi) is 8.32. The molecule has 2 rings (SSSR count). The first kappa shape index (κ1) is 20.7. The number of hydrogen-bond acceptors (Lipinski definition) is 6. The maximum absolute atomic E-state index is 12.7. The molecule has 0 spiro atoms. The van der Waals surface area contributed by atoms with Crippen molar-refractivity contribution < 1.29 is 13.2 Å². The highest BCUT2D eigenvalue weighted by molar-refractivity contribution is 7.99. The van der Waals surface area contributed by atoms with Gasteiger partial charge in [-0.3, -0.25) is 4.79 Å². The van der Waals surface area contributed by atoms with Crippen LogP contribution in [0.1, 0.15) is 16.6 Å². The molecule has 1 atom stereocenters. The molecule has 1 fully saturated rings. The Balaban J connectivity index is 0.00000264. The third-order valence-corrected chi connectivity index (χ3v) is 7.41. The van der Waals surface area contributed by atoms with Crippen molar-refractivity contribution >= 4 is 51.4 Å². The van der Waals surface area contributed by atoms with E-state index in [1.54, 1.807) is 17.1 Å². The van der Waals surface area contributed by atoms with Crippen LogP contribution in [0.5, 0.6) is 0 Å². The summed E-state index contributed by atoms with van der Waals surface area (Å²) in [4.78, 5) is 12.7. The number of sulfonamides is 1. The van der Waals surface area contributed by atoms with Crippen molar-refractivity contribution in [1.82, 2.24) is 14.9 Å². The summed E-state index contributed by atoms with van der Waals surface area (Å²) < 4.78 is 26.9. The van der Waals surface area contributed by atoms with Crippen LogP contribution in [0.25, 0.3) is 0 Å². The molecule has 2 heterocycles. The minimum Gasteiger partial charge on any atom is -0.350 e. The zero-order valence-electron chi connectivity index (χ0n) is 13.1. The second kappa shape index (κ2) is 9.24. The summed E-state index contributed by atoms with van der Waals surface area (Å²) in [5, 5.41) is 7.45. The van der Waals surface area contributed by atoms with Crippen LogP contribution in [-0.4, -0.2) is 62.9 Å². The lowest BCUT2D eigenvalue weighted by atomic mass is 10.3. The number of likely N-dealkylation sites (N-methyl/N-ethyl adjacent to an activating group) is 1. The highest BCUT2D eigenvalue weighted by Crippen LogP contribution is 2.27. The third-order valence-electron chi connectivity index (χ3n) is 3.48. The number of thiophene rings is 1. The maximum Gasteiger partial charge on any atom is 0.262 e. The molecule has 23 heavy (non-hydrogen) atoms. The van der Waals surface area contributed by atoms with Crippen molar-refractivity contribution in [2.24, 2.45) is 0 Å². The highest BCUT2D eigenvalue weighted by atomic mass is 35.5. The van der Waals surface area contributed by atoms with Crippen LogP contribution >= 0.6 is 35.5 Å². The molecule has 6 nitrogen and oxygen atoms in total. The molecular weight excluding hydrogens is 378 g/mol. The molecule has 1 aliphatic heterocycles. The van der Waals surface area contributed by atoms with Gasteiger partial charge in [-0.05, 0) is 25.4 Å². The number of carbonyl (C=O) groups excluding carboxylic acids is 1. The lowest BCUT2D eigenvalue weighted by Gasteiger charge is -2.25. The zero-order valence-corrected chi connectivity index (χ0v) is 16.3. The highest BCUT2D eigenvalue weighted by Gasteiger charge is 2.31. The lowest BCUT2D eigenvalue weighted by molar-refractivity contribution is 0.0951. The van der Waals surface area contributed by atoms with Crippen molar-refractivity contribution in [3.05, 3.63) is 16.3 Å². The average molecular weight is 400 g/mol. The number of hydrogen-bond donors (Lipinski definition) is 2. The molecule has 10 heteroatoms. The van der Waals surface area contributed by atoms with E-state index in [1.165, 1.54) is 10.4 Å². The molecule has 0 aliphatic carbocycles. The predicted molar refractivity (Wildman–Crippen MR) is 98.5 cm³/mol. The first-order chi connectivity index (χ1) is 10.5. The van der Waals surface area contributed by atoms with Gasteiger partial charge in [-0.15, -0.1) is 23.7 Å². The summed E-state index contributed by atoms with van der Waals surface area (Å²) in [7, 11) is -1.77. The third kappa shape index (κ3) is 5.07. The van der Waals surface area contributed by atoms with Gasteiger partial charge in [0.05, 0.1) is 0 Å². The van der Waals surface area contributed by atoms with E-state index in [2.05, 4.69) is 10.6 Å². The normalized spacial score (nSPS) is 17.3. The van der Waals surface area contributed by atoms with E-state index in [0.29, 0.717) is 19.6 Å². The Morgan fingerprint density at radius 1 is 1.39 bits per heavy atom. The molecule has 0 radical (unpaired) electrons. The Labute approximate surface area is 151 Å². The van der Waals surface area contributed by atoms with Crippen LogP contribution in [-0.2, 0) is 10.0 Å². The van der Waals surface area contributed by atoms with Crippen molar-refractivity contribution in [2.75, 3.05) is 38.2 Å². The molecular formula is C13H22ClN3O3S3. The van der Waals surface area contributed by atoms with Gasteiger partial charge in [0.2, 0.25) is 10.0 Å². The van der Waals surface area contributed by atoms with Gasteiger partial charge in [0.25, 0.3) is 5.91 Å². The summed E-state index contributed by atoms with van der Waals surface area (Å²) >= 11 is 2.91. The molecule has 1 aromatic heterocycles. The van der Waals surface area contributed by atoms with Gasteiger partial charge in [0, 0.05) is 37.2 Å².